The number of anilines is 1. The second-order valence-corrected chi connectivity index (χ2v) is 5.69. The molecule has 2 aromatic rings. The van der Waals surface area contributed by atoms with Crippen LogP contribution in [0.2, 0.25) is 0 Å². The zero-order chi connectivity index (χ0) is 14.1. The topological polar surface area (TPSA) is 32.3 Å². The maximum Gasteiger partial charge on any atom is 0.281 e. The molecule has 0 bridgehead atoms. The van der Waals surface area contributed by atoms with Gasteiger partial charge in [-0.2, -0.15) is 11.3 Å². The van der Waals surface area contributed by atoms with Crippen molar-refractivity contribution in [1.29, 1.82) is 0 Å². The minimum absolute atomic E-state index is 0.119. The number of thiocarbonyl (C=S) groups is 1. The Kier molecular flexibility index (Phi) is 3.38. The summed E-state index contributed by atoms with van der Waals surface area (Å²) in [4.78, 5) is 14.0. The minimum Gasteiger partial charge on any atom is -0.327 e. The first-order chi connectivity index (χ1) is 9.65. The number of nitrogens with zero attached hydrogens (tertiary/aromatic N) is 1. The van der Waals surface area contributed by atoms with Gasteiger partial charge in [-0.05, 0) is 65.3 Å². The maximum atomic E-state index is 12.5. The van der Waals surface area contributed by atoms with E-state index in [-0.39, 0.29) is 5.91 Å². The lowest BCUT2D eigenvalue weighted by Crippen LogP contribution is -2.30. The fourth-order valence-electron chi connectivity index (χ4n) is 2.06. The van der Waals surface area contributed by atoms with E-state index in [0.29, 0.717) is 10.8 Å². The van der Waals surface area contributed by atoms with Gasteiger partial charge >= 0.3 is 0 Å². The average Bonchev–Trinajstić information content (AvgIpc) is 2.99. The first kappa shape index (κ1) is 13.0. The molecule has 2 heterocycles. The van der Waals surface area contributed by atoms with E-state index in [9.17, 15) is 4.79 Å². The van der Waals surface area contributed by atoms with Crippen molar-refractivity contribution in [2.75, 3.05) is 4.90 Å². The van der Waals surface area contributed by atoms with Crippen LogP contribution in [0, 0.1) is 6.92 Å². The van der Waals surface area contributed by atoms with Crippen LogP contribution >= 0.6 is 23.6 Å². The minimum atomic E-state index is -0.119. The number of carbonyl (C=O) groups excluding carboxylic acids is 1. The molecule has 1 aromatic carbocycles. The van der Waals surface area contributed by atoms with Crippen molar-refractivity contribution >= 4 is 46.3 Å². The van der Waals surface area contributed by atoms with E-state index in [2.05, 4.69) is 5.32 Å². The SMILES string of the molecule is Cc1cccc(N2C(=O)/C(=C\c3ccsc3)NC2=S)c1. The molecule has 5 heteroatoms. The molecule has 0 saturated carbocycles. The number of thiophene rings is 1. The van der Waals surface area contributed by atoms with Gasteiger partial charge in [0.25, 0.3) is 5.91 Å². The van der Waals surface area contributed by atoms with E-state index in [1.165, 1.54) is 4.90 Å². The summed E-state index contributed by atoms with van der Waals surface area (Å²) in [6, 6.07) is 9.70. The van der Waals surface area contributed by atoms with Crippen LogP contribution in [0.5, 0.6) is 0 Å². The van der Waals surface area contributed by atoms with Crippen molar-refractivity contribution in [3.8, 4) is 0 Å². The Labute approximate surface area is 126 Å². The van der Waals surface area contributed by atoms with Gasteiger partial charge in [-0.3, -0.25) is 9.69 Å². The van der Waals surface area contributed by atoms with Crippen molar-refractivity contribution in [2.45, 2.75) is 6.92 Å². The van der Waals surface area contributed by atoms with Crippen molar-refractivity contribution in [3.63, 3.8) is 0 Å². The molecule has 0 spiro atoms. The summed E-state index contributed by atoms with van der Waals surface area (Å²) in [5, 5.41) is 7.36. The van der Waals surface area contributed by atoms with Gasteiger partial charge in [-0.15, -0.1) is 0 Å². The van der Waals surface area contributed by atoms with Crippen LogP contribution in [0.15, 0.2) is 46.8 Å². The third kappa shape index (κ3) is 2.37. The van der Waals surface area contributed by atoms with E-state index in [1.54, 1.807) is 11.3 Å². The number of benzene rings is 1. The standard InChI is InChI=1S/C15H12N2OS2/c1-10-3-2-4-12(7-10)17-14(18)13(16-15(17)19)8-11-5-6-20-9-11/h2-9H,1H3,(H,16,19)/b13-8+. The second-order valence-electron chi connectivity index (χ2n) is 4.52. The van der Waals surface area contributed by atoms with E-state index >= 15 is 0 Å². The molecule has 20 heavy (non-hydrogen) atoms. The molecule has 100 valence electrons. The summed E-state index contributed by atoms with van der Waals surface area (Å²) in [5.74, 6) is -0.119. The van der Waals surface area contributed by atoms with E-state index in [0.717, 1.165) is 16.8 Å². The Balaban J connectivity index is 1.95. The number of aryl methyl sites for hydroxylation is 1. The Morgan fingerprint density at radius 3 is 2.90 bits per heavy atom. The molecule has 1 aliphatic rings. The highest BCUT2D eigenvalue weighted by Gasteiger charge is 2.31. The molecule has 1 amide bonds. The van der Waals surface area contributed by atoms with Gasteiger partial charge in [0.05, 0.1) is 5.69 Å². The molecule has 1 aliphatic heterocycles. The average molecular weight is 300 g/mol. The molecule has 1 N–H and O–H groups in total. The van der Waals surface area contributed by atoms with Gasteiger partial charge in [0.2, 0.25) is 0 Å². The van der Waals surface area contributed by atoms with Gasteiger partial charge in [0.1, 0.15) is 5.70 Å². The summed E-state index contributed by atoms with van der Waals surface area (Å²) < 4.78 is 0. The number of hydrogen-bond acceptors (Lipinski definition) is 3. The Hall–Kier alpha value is -1.98. The molecule has 0 radical (unpaired) electrons. The Morgan fingerprint density at radius 2 is 2.20 bits per heavy atom. The summed E-state index contributed by atoms with van der Waals surface area (Å²) in [6.07, 6.45) is 1.82. The zero-order valence-electron chi connectivity index (χ0n) is 10.8. The lowest BCUT2D eigenvalue weighted by Gasteiger charge is -2.14. The summed E-state index contributed by atoms with van der Waals surface area (Å²) in [7, 11) is 0. The van der Waals surface area contributed by atoms with E-state index in [4.69, 9.17) is 12.2 Å². The highest BCUT2D eigenvalue weighted by molar-refractivity contribution is 7.80. The van der Waals surface area contributed by atoms with Crippen LogP contribution in [0.4, 0.5) is 5.69 Å². The van der Waals surface area contributed by atoms with Gasteiger partial charge in [-0.25, -0.2) is 0 Å². The lowest BCUT2D eigenvalue weighted by molar-refractivity contribution is -0.113. The maximum absolute atomic E-state index is 12.5. The smallest absolute Gasteiger partial charge is 0.281 e. The van der Waals surface area contributed by atoms with E-state index in [1.807, 2.05) is 54.1 Å². The first-order valence-corrected chi connectivity index (χ1v) is 7.46. The normalized spacial score (nSPS) is 16.9. The van der Waals surface area contributed by atoms with Crippen LogP contribution in [0.3, 0.4) is 0 Å². The molecule has 3 rings (SSSR count). The monoisotopic (exact) mass is 300 g/mol. The van der Waals surface area contributed by atoms with Crippen LogP contribution in [-0.4, -0.2) is 11.0 Å². The predicted octanol–water partition coefficient (Wildman–Crippen LogP) is 3.32. The number of hydrogen-bond donors (Lipinski definition) is 1. The number of carbonyl (C=O) groups is 1. The first-order valence-electron chi connectivity index (χ1n) is 6.11. The van der Waals surface area contributed by atoms with Crippen molar-refractivity contribution in [1.82, 2.24) is 5.32 Å². The summed E-state index contributed by atoms with van der Waals surface area (Å²) >= 11 is 6.87. The van der Waals surface area contributed by atoms with Gasteiger partial charge in [0.15, 0.2) is 5.11 Å². The number of rotatable bonds is 2. The number of amides is 1. The van der Waals surface area contributed by atoms with Crippen LogP contribution < -0.4 is 10.2 Å². The Morgan fingerprint density at radius 1 is 1.35 bits per heavy atom. The lowest BCUT2D eigenvalue weighted by atomic mass is 10.2. The fourth-order valence-corrected chi connectivity index (χ4v) is 2.98. The van der Waals surface area contributed by atoms with Crippen LogP contribution in [-0.2, 0) is 4.79 Å². The van der Waals surface area contributed by atoms with Crippen molar-refractivity contribution < 1.29 is 4.79 Å². The molecular weight excluding hydrogens is 288 g/mol. The van der Waals surface area contributed by atoms with Crippen molar-refractivity contribution in [3.05, 3.63) is 57.9 Å². The van der Waals surface area contributed by atoms with Crippen molar-refractivity contribution in [2.24, 2.45) is 0 Å². The van der Waals surface area contributed by atoms with Gasteiger partial charge < -0.3 is 5.32 Å². The summed E-state index contributed by atoms with van der Waals surface area (Å²) in [6.45, 7) is 1.99. The molecule has 3 nitrogen and oxygen atoms in total. The Bertz CT molecular complexity index is 704. The molecule has 0 aliphatic carbocycles. The van der Waals surface area contributed by atoms with Crippen LogP contribution in [0.25, 0.3) is 6.08 Å². The molecular formula is C15H12N2OS2. The van der Waals surface area contributed by atoms with Gasteiger partial charge in [-0.1, -0.05) is 12.1 Å². The molecule has 1 fully saturated rings. The highest BCUT2D eigenvalue weighted by atomic mass is 32.1. The third-order valence-electron chi connectivity index (χ3n) is 2.99. The fraction of sp³-hybridized carbons (Fsp3) is 0.0667. The predicted molar refractivity (Wildman–Crippen MR) is 86.7 cm³/mol. The molecule has 1 aromatic heterocycles. The van der Waals surface area contributed by atoms with Gasteiger partial charge in [0, 0.05) is 0 Å². The quantitative estimate of drug-likeness (QED) is 0.682. The third-order valence-corrected chi connectivity index (χ3v) is 3.98. The second kappa shape index (κ2) is 5.19. The molecule has 0 atom stereocenters. The van der Waals surface area contributed by atoms with Crippen LogP contribution in [0.1, 0.15) is 11.1 Å². The highest BCUT2D eigenvalue weighted by Crippen LogP contribution is 2.23. The van der Waals surface area contributed by atoms with E-state index < -0.39 is 0 Å². The molecule has 0 unspecified atom stereocenters. The molecule has 1 saturated heterocycles. The largest absolute Gasteiger partial charge is 0.327 e. The zero-order valence-corrected chi connectivity index (χ0v) is 12.4. The summed E-state index contributed by atoms with van der Waals surface area (Å²) in [5.41, 5.74) is 3.39. The number of nitrogens with one attached hydrogen (secondary N) is 1.